The molecule has 23 heavy (non-hydrogen) atoms. The average molecular weight is 316 g/mol. The maximum absolute atomic E-state index is 11.8. The molecule has 0 bridgehead atoms. The van der Waals surface area contributed by atoms with Gasteiger partial charge in [-0.1, -0.05) is 18.1 Å². The Kier molecular flexibility index (Phi) is 5.55. The van der Waals surface area contributed by atoms with E-state index in [-0.39, 0.29) is 11.2 Å². The monoisotopic (exact) mass is 316 g/mol. The Morgan fingerprint density at radius 1 is 1.09 bits per heavy atom. The van der Waals surface area contributed by atoms with Crippen molar-refractivity contribution in [3.8, 4) is 5.75 Å². The predicted octanol–water partition coefficient (Wildman–Crippen LogP) is 3.43. The fourth-order valence-electron chi connectivity index (χ4n) is 3.69. The first-order chi connectivity index (χ1) is 11.2. The van der Waals surface area contributed by atoms with Crippen LogP contribution in [-0.2, 0) is 13.1 Å². The van der Waals surface area contributed by atoms with Gasteiger partial charge in [0.25, 0.3) is 0 Å². The summed E-state index contributed by atoms with van der Waals surface area (Å²) < 4.78 is 2.08. The largest absolute Gasteiger partial charge is 0.503 e. The van der Waals surface area contributed by atoms with E-state index in [1.54, 1.807) is 12.3 Å². The van der Waals surface area contributed by atoms with Gasteiger partial charge in [-0.3, -0.25) is 9.69 Å². The molecular formula is C19H28N2O2. The number of nitrogens with zero attached hydrogens (tertiary/aromatic N) is 2. The molecule has 1 aliphatic heterocycles. The zero-order chi connectivity index (χ0) is 16.1. The lowest BCUT2D eigenvalue weighted by Crippen LogP contribution is -2.31. The second-order valence-electron chi connectivity index (χ2n) is 6.90. The van der Waals surface area contributed by atoms with Crippen molar-refractivity contribution in [1.29, 1.82) is 0 Å². The molecule has 3 rings (SSSR count). The Hall–Kier alpha value is -1.55. The standard InChI is InChI=1S/C19H28N2O2/c22-18-13-17(14-20-10-5-2-6-11-20)21(15-19(18)23)12-9-16-7-3-1-4-8-16/h7,13,15,23H,1-6,8-12,14H2. The molecule has 2 heterocycles. The number of hydrogen-bond donors (Lipinski definition) is 1. The highest BCUT2D eigenvalue weighted by molar-refractivity contribution is 5.21. The smallest absolute Gasteiger partial charge is 0.223 e. The van der Waals surface area contributed by atoms with Crippen LogP contribution in [0.5, 0.6) is 5.75 Å². The second-order valence-corrected chi connectivity index (χ2v) is 6.90. The lowest BCUT2D eigenvalue weighted by atomic mass is 9.97. The highest BCUT2D eigenvalue weighted by Crippen LogP contribution is 2.21. The summed E-state index contributed by atoms with van der Waals surface area (Å²) in [4.78, 5) is 14.3. The van der Waals surface area contributed by atoms with E-state index < -0.39 is 0 Å². The molecule has 0 radical (unpaired) electrons. The summed E-state index contributed by atoms with van der Waals surface area (Å²) in [5.41, 5.74) is 2.30. The maximum Gasteiger partial charge on any atom is 0.223 e. The molecule has 0 amide bonds. The Balaban J connectivity index is 1.72. The number of hydrogen-bond acceptors (Lipinski definition) is 3. The molecule has 4 nitrogen and oxygen atoms in total. The first-order valence-electron chi connectivity index (χ1n) is 9.05. The molecule has 1 saturated heterocycles. The first kappa shape index (κ1) is 16.3. The van der Waals surface area contributed by atoms with Crippen molar-refractivity contribution < 1.29 is 5.11 Å². The summed E-state index contributed by atoms with van der Waals surface area (Å²) in [6.07, 6.45) is 13.8. The van der Waals surface area contributed by atoms with Crippen molar-refractivity contribution in [1.82, 2.24) is 9.47 Å². The van der Waals surface area contributed by atoms with Crippen LogP contribution in [0.4, 0.5) is 0 Å². The molecular weight excluding hydrogens is 288 g/mol. The SMILES string of the molecule is O=c1cc(CN2CCCCC2)n(CCC2=CCCCC2)cc1O. The van der Waals surface area contributed by atoms with E-state index in [4.69, 9.17) is 0 Å². The van der Waals surface area contributed by atoms with Crippen LogP contribution in [0.3, 0.4) is 0 Å². The molecule has 0 saturated carbocycles. The number of rotatable bonds is 5. The van der Waals surface area contributed by atoms with Crippen LogP contribution in [0, 0.1) is 0 Å². The molecule has 126 valence electrons. The first-order valence-corrected chi connectivity index (χ1v) is 9.05. The van der Waals surface area contributed by atoms with Gasteiger partial charge >= 0.3 is 0 Å². The summed E-state index contributed by atoms with van der Waals surface area (Å²) in [5.74, 6) is -0.134. The van der Waals surface area contributed by atoms with E-state index in [1.165, 1.54) is 50.5 Å². The zero-order valence-corrected chi connectivity index (χ0v) is 14.0. The normalized spacial score (nSPS) is 19.6. The maximum atomic E-state index is 11.8. The number of allylic oxidation sites excluding steroid dienone is 2. The van der Waals surface area contributed by atoms with E-state index >= 15 is 0 Å². The molecule has 1 N–H and O–H groups in total. The number of aryl methyl sites for hydroxylation is 1. The van der Waals surface area contributed by atoms with E-state index in [0.717, 1.165) is 38.3 Å². The van der Waals surface area contributed by atoms with E-state index in [2.05, 4.69) is 15.5 Å². The highest BCUT2D eigenvalue weighted by atomic mass is 16.3. The highest BCUT2D eigenvalue weighted by Gasteiger charge is 2.14. The van der Waals surface area contributed by atoms with Gasteiger partial charge in [-0.05, 0) is 58.0 Å². The predicted molar refractivity (Wildman–Crippen MR) is 92.7 cm³/mol. The molecule has 2 aliphatic rings. The van der Waals surface area contributed by atoms with Gasteiger partial charge in [-0.2, -0.15) is 0 Å². The van der Waals surface area contributed by atoms with Crippen LogP contribution in [0.1, 0.15) is 57.1 Å². The van der Waals surface area contributed by atoms with Crippen molar-refractivity contribution in [2.45, 2.75) is 64.5 Å². The van der Waals surface area contributed by atoms with Crippen molar-refractivity contribution >= 4 is 0 Å². The Morgan fingerprint density at radius 2 is 1.91 bits per heavy atom. The minimum absolute atomic E-state index is 0.134. The number of piperidine rings is 1. The van der Waals surface area contributed by atoms with Gasteiger partial charge < -0.3 is 9.67 Å². The molecule has 4 heteroatoms. The lowest BCUT2D eigenvalue weighted by Gasteiger charge is -2.28. The fourth-order valence-corrected chi connectivity index (χ4v) is 3.69. The fraction of sp³-hybridized carbons (Fsp3) is 0.632. The minimum atomic E-state index is -0.259. The number of aromatic hydroxyl groups is 1. The number of pyridine rings is 1. The minimum Gasteiger partial charge on any atom is -0.503 e. The molecule has 0 atom stereocenters. The van der Waals surface area contributed by atoms with Gasteiger partial charge in [0.15, 0.2) is 5.75 Å². The molecule has 0 aromatic carbocycles. The average Bonchev–Trinajstić information content (AvgIpc) is 2.58. The Morgan fingerprint density at radius 3 is 2.65 bits per heavy atom. The van der Waals surface area contributed by atoms with Crippen LogP contribution < -0.4 is 5.43 Å². The van der Waals surface area contributed by atoms with Gasteiger partial charge in [0.1, 0.15) is 0 Å². The van der Waals surface area contributed by atoms with Crippen molar-refractivity contribution in [2.75, 3.05) is 13.1 Å². The molecule has 1 fully saturated rings. The molecule has 0 unspecified atom stereocenters. The number of likely N-dealkylation sites (tertiary alicyclic amines) is 1. The Labute approximate surface area is 138 Å². The zero-order valence-electron chi connectivity index (χ0n) is 14.0. The summed E-state index contributed by atoms with van der Waals surface area (Å²) in [6, 6.07) is 1.62. The van der Waals surface area contributed by atoms with Crippen molar-refractivity contribution in [2.24, 2.45) is 0 Å². The van der Waals surface area contributed by atoms with Gasteiger partial charge in [-0.15, -0.1) is 0 Å². The van der Waals surface area contributed by atoms with E-state index in [0.29, 0.717) is 0 Å². The third-order valence-corrected chi connectivity index (χ3v) is 5.09. The molecule has 1 aromatic rings. The van der Waals surface area contributed by atoms with Gasteiger partial charge in [0.2, 0.25) is 5.43 Å². The topological polar surface area (TPSA) is 45.5 Å². The van der Waals surface area contributed by atoms with E-state index in [1.807, 2.05) is 0 Å². The van der Waals surface area contributed by atoms with Gasteiger partial charge in [-0.25, -0.2) is 0 Å². The van der Waals surface area contributed by atoms with Gasteiger partial charge in [0.05, 0.1) is 6.20 Å². The third kappa shape index (κ3) is 4.47. The van der Waals surface area contributed by atoms with Gasteiger partial charge in [0, 0.05) is 24.8 Å². The molecule has 1 aliphatic carbocycles. The van der Waals surface area contributed by atoms with Crippen LogP contribution in [-0.4, -0.2) is 27.7 Å². The quantitative estimate of drug-likeness (QED) is 0.847. The van der Waals surface area contributed by atoms with E-state index in [9.17, 15) is 9.90 Å². The summed E-state index contributed by atoms with van der Waals surface area (Å²) >= 11 is 0. The third-order valence-electron chi connectivity index (χ3n) is 5.09. The summed E-state index contributed by atoms with van der Waals surface area (Å²) in [7, 11) is 0. The van der Waals surface area contributed by atoms with Crippen LogP contribution in [0.2, 0.25) is 0 Å². The summed E-state index contributed by atoms with van der Waals surface area (Å²) in [5, 5.41) is 9.81. The number of aromatic nitrogens is 1. The Bertz CT molecular complexity index is 612. The lowest BCUT2D eigenvalue weighted by molar-refractivity contribution is 0.215. The van der Waals surface area contributed by atoms with Crippen molar-refractivity contribution in [3.63, 3.8) is 0 Å². The summed E-state index contributed by atoms with van der Waals surface area (Å²) in [6.45, 7) is 3.89. The van der Waals surface area contributed by atoms with Crippen LogP contribution >= 0.6 is 0 Å². The molecule has 0 spiro atoms. The van der Waals surface area contributed by atoms with Crippen LogP contribution in [0.25, 0.3) is 0 Å². The molecule has 1 aromatic heterocycles. The second kappa shape index (κ2) is 7.82. The van der Waals surface area contributed by atoms with Crippen molar-refractivity contribution in [3.05, 3.63) is 39.8 Å². The van der Waals surface area contributed by atoms with Crippen LogP contribution in [0.15, 0.2) is 28.7 Å².